The largest absolute Gasteiger partial charge is 0.469 e. The Morgan fingerprint density at radius 2 is 2.10 bits per heavy atom. The van der Waals surface area contributed by atoms with Crippen LogP contribution in [-0.2, 0) is 9.53 Å². The van der Waals surface area contributed by atoms with Crippen LogP contribution in [0, 0.1) is 21.8 Å². The molecular formula is C13H15FN2O4. The number of halogens is 1. The summed E-state index contributed by atoms with van der Waals surface area (Å²) in [7, 11) is 1.34. The molecule has 108 valence electrons. The number of ether oxygens (including phenoxy) is 1. The van der Waals surface area contributed by atoms with Gasteiger partial charge in [0.1, 0.15) is 5.69 Å². The molecule has 6 nitrogen and oxygen atoms in total. The molecule has 0 saturated carbocycles. The van der Waals surface area contributed by atoms with Crippen LogP contribution in [0.5, 0.6) is 0 Å². The van der Waals surface area contributed by atoms with E-state index in [0.29, 0.717) is 25.9 Å². The highest BCUT2D eigenvalue weighted by molar-refractivity contribution is 5.73. The van der Waals surface area contributed by atoms with Crippen molar-refractivity contribution in [3.05, 3.63) is 34.1 Å². The van der Waals surface area contributed by atoms with Gasteiger partial charge in [-0.05, 0) is 25.0 Å². The molecule has 0 N–H and O–H groups in total. The molecule has 0 aromatic heterocycles. The zero-order valence-electron chi connectivity index (χ0n) is 11.0. The van der Waals surface area contributed by atoms with Gasteiger partial charge >= 0.3 is 11.7 Å². The fraction of sp³-hybridized carbons (Fsp3) is 0.462. The van der Waals surface area contributed by atoms with Crippen LogP contribution in [0.1, 0.15) is 12.8 Å². The number of para-hydroxylation sites is 1. The third-order valence-electron chi connectivity index (χ3n) is 3.52. The molecule has 1 aliphatic rings. The van der Waals surface area contributed by atoms with Crippen molar-refractivity contribution in [3.63, 3.8) is 0 Å². The lowest BCUT2D eigenvalue weighted by Gasteiger charge is -2.32. The van der Waals surface area contributed by atoms with Gasteiger partial charge in [-0.1, -0.05) is 6.07 Å². The van der Waals surface area contributed by atoms with Crippen molar-refractivity contribution < 1.29 is 18.8 Å². The normalized spacial score (nSPS) is 16.0. The highest BCUT2D eigenvalue weighted by Crippen LogP contribution is 2.33. The van der Waals surface area contributed by atoms with Gasteiger partial charge in [0.25, 0.3) is 0 Å². The van der Waals surface area contributed by atoms with Crippen LogP contribution in [0.3, 0.4) is 0 Å². The van der Waals surface area contributed by atoms with Crippen molar-refractivity contribution in [2.24, 2.45) is 5.92 Å². The minimum absolute atomic E-state index is 0.191. The number of nitro groups is 1. The minimum Gasteiger partial charge on any atom is -0.469 e. The van der Waals surface area contributed by atoms with E-state index in [1.807, 2.05) is 0 Å². The molecule has 1 aliphatic heterocycles. The summed E-state index contributed by atoms with van der Waals surface area (Å²) >= 11 is 0. The van der Waals surface area contributed by atoms with E-state index in [9.17, 15) is 19.3 Å². The molecule has 0 unspecified atom stereocenters. The van der Waals surface area contributed by atoms with Crippen molar-refractivity contribution in [1.82, 2.24) is 0 Å². The number of carbonyl (C=O) groups is 1. The van der Waals surface area contributed by atoms with Crippen LogP contribution in [0.25, 0.3) is 0 Å². The summed E-state index contributed by atoms with van der Waals surface area (Å²) in [5.74, 6) is -1.30. The fourth-order valence-electron chi connectivity index (χ4n) is 2.46. The molecule has 1 aromatic carbocycles. The Morgan fingerprint density at radius 1 is 1.45 bits per heavy atom. The number of nitro benzene ring substituents is 1. The van der Waals surface area contributed by atoms with E-state index < -0.39 is 16.4 Å². The van der Waals surface area contributed by atoms with Gasteiger partial charge in [-0.25, -0.2) is 0 Å². The van der Waals surface area contributed by atoms with Crippen LogP contribution in [0.2, 0.25) is 0 Å². The topological polar surface area (TPSA) is 72.7 Å². The Kier molecular flexibility index (Phi) is 4.16. The first-order valence-corrected chi connectivity index (χ1v) is 6.30. The molecule has 1 fully saturated rings. The summed E-state index contributed by atoms with van der Waals surface area (Å²) < 4.78 is 18.3. The van der Waals surface area contributed by atoms with Gasteiger partial charge in [-0.2, -0.15) is 4.39 Å². The maximum atomic E-state index is 13.6. The standard InChI is InChI=1S/C13H15FN2O4/c1-20-13(17)9-5-7-15(8-6-9)11-4-2-3-10(14)12(11)16(18)19/h2-4,9H,5-8H2,1H3. The van der Waals surface area contributed by atoms with E-state index in [0.717, 1.165) is 6.07 Å². The first-order chi connectivity index (χ1) is 9.54. The van der Waals surface area contributed by atoms with Crippen molar-refractivity contribution in [2.75, 3.05) is 25.1 Å². The number of piperidine rings is 1. The predicted molar refractivity (Wildman–Crippen MR) is 70.0 cm³/mol. The zero-order chi connectivity index (χ0) is 14.7. The molecule has 2 rings (SSSR count). The van der Waals surface area contributed by atoms with Gasteiger partial charge in [-0.15, -0.1) is 0 Å². The lowest BCUT2D eigenvalue weighted by Crippen LogP contribution is -2.37. The summed E-state index contributed by atoms with van der Waals surface area (Å²) in [6, 6.07) is 4.05. The number of benzene rings is 1. The van der Waals surface area contributed by atoms with Gasteiger partial charge in [0.05, 0.1) is 18.0 Å². The predicted octanol–water partition coefficient (Wildman–Crippen LogP) is 2.12. The Bertz CT molecular complexity index is 527. The average Bonchev–Trinajstić information content (AvgIpc) is 2.46. The molecule has 0 amide bonds. The third-order valence-corrected chi connectivity index (χ3v) is 3.52. The van der Waals surface area contributed by atoms with E-state index in [4.69, 9.17) is 0 Å². The number of esters is 1. The number of methoxy groups -OCH3 is 1. The Hall–Kier alpha value is -2.18. The summed E-state index contributed by atoms with van der Waals surface area (Å²) in [4.78, 5) is 23.4. The van der Waals surface area contributed by atoms with Crippen LogP contribution >= 0.6 is 0 Å². The molecule has 0 bridgehead atoms. The first kappa shape index (κ1) is 14.2. The zero-order valence-corrected chi connectivity index (χ0v) is 11.0. The monoisotopic (exact) mass is 282 g/mol. The average molecular weight is 282 g/mol. The molecule has 1 saturated heterocycles. The second-order valence-corrected chi connectivity index (χ2v) is 4.65. The van der Waals surface area contributed by atoms with Crippen molar-refractivity contribution in [3.8, 4) is 0 Å². The molecule has 0 atom stereocenters. The molecular weight excluding hydrogens is 267 g/mol. The number of anilines is 1. The van der Waals surface area contributed by atoms with Crippen molar-refractivity contribution in [1.29, 1.82) is 0 Å². The molecule has 7 heteroatoms. The molecule has 20 heavy (non-hydrogen) atoms. The summed E-state index contributed by atoms with van der Waals surface area (Å²) in [5, 5.41) is 11.0. The molecule has 0 radical (unpaired) electrons. The highest BCUT2D eigenvalue weighted by Gasteiger charge is 2.30. The third kappa shape index (κ3) is 2.71. The Morgan fingerprint density at radius 3 is 2.65 bits per heavy atom. The van der Waals surface area contributed by atoms with Gasteiger partial charge in [0.15, 0.2) is 0 Å². The molecule has 1 aromatic rings. The lowest BCUT2D eigenvalue weighted by molar-refractivity contribution is -0.386. The van der Waals surface area contributed by atoms with Crippen LogP contribution < -0.4 is 4.90 Å². The number of carbonyl (C=O) groups excluding carboxylic acids is 1. The van der Waals surface area contributed by atoms with Gasteiger partial charge < -0.3 is 9.64 Å². The first-order valence-electron chi connectivity index (χ1n) is 6.30. The minimum atomic E-state index is -0.845. The SMILES string of the molecule is COC(=O)C1CCN(c2cccc(F)c2[N+](=O)[O-])CC1. The van der Waals surface area contributed by atoms with Crippen LogP contribution in [0.15, 0.2) is 18.2 Å². The Balaban J connectivity index is 2.17. The van der Waals surface area contributed by atoms with E-state index >= 15 is 0 Å². The summed E-state index contributed by atoms with van der Waals surface area (Å²) in [5.41, 5.74) is -0.248. The van der Waals surface area contributed by atoms with Crippen molar-refractivity contribution >= 4 is 17.3 Å². The van der Waals surface area contributed by atoms with Gasteiger partial charge in [0.2, 0.25) is 5.82 Å². The van der Waals surface area contributed by atoms with E-state index in [1.54, 1.807) is 4.90 Å². The smallest absolute Gasteiger partial charge is 0.327 e. The number of nitrogens with zero attached hydrogens (tertiary/aromatic N) is 2. The van der Waals surface area contributed by atoms with Crippen LogP contribution in [0.4, 0.5) is 15.8 Å². The second-order valence-electron chi connectivity index (χ2n) is 4.65. The van der Waals surface area contributed by atoms with E-state index in [1.165, 1.54) is 19.2 Å². The Labute approximate surface area is 115 Å². The van der Waals surface area contributed by atoms with Crippen LogP contribution in [-0.4, -0.2) is 31.1 Å². The highest BCUT2D eigenvalue weighted by atomic mass is 19.1. The molecule has 1 heterocycles. The molecule has 0 aliphatic carbocycles. The van der Waals surface area contributed by atoms with E-state index in [-0.39, 0.29) is 17.6 Å². The van der Waals surface area contributed by atoms with Crippen molar-refractivity contribution in [2.45, 2.75) is 12.8 Å². The molecule has 0 spiro atoms. The maximum absolute atomic E-state index is 13.6. The second kappa shape index (κ2) is 5.85. The summed E-state index contributed by atoms with van der Waals surface area (Å²) in [6.45, 7) is 0.925. The number of hydrogen-bond donors (Lipinski definition) is 0. The quantitative estimate of drug-likeness (QED) is 0.482. The maximum Gasteiger partial charge on any atom is 0.327 e. The summed E-state index contributed by atoms with van der Waals surface area (Å²) in [6.07, 6.45) is 1.08. The van der Waals surface area contributed by atoms with E-state index in [2.05, 4.69) is 4.74 Å². The fourth-order valence-corrected chi connectivity index (χ4v) is 2.46. The number of hydrogen-bond acceptors (Lipinski definition) is 5. The lowest BCUT2D eigenvalue weighted by atomic mass is 9.96. The number of rotatable bonds is 3. The van der Waals surface area contributed by atoms with Gasteiger partial charge in [0, 0.05) is 13.1 Å². The van der Waals surface area contributed by atoms with Gasteiger partial charge in [-0.3, -0.25) is 14.9 Å².